The van der Waals surface area contributed by atoms with E-state index in [1.807, 2.05) is 13.8 Å². The van der Waals surface area contributed by atoms with Crippen molar-refractivity contribution in [2.45, 2.75) is 19.8 Å². The monoisotopic (exact) mass is 271 g/mol. The number of aromatic nitrogens is 4. The number of anilines is 1. The summed E-state index contributed by atoms with van der Waals surface area (Å²) in [6.45, 7) is 3.93. The molecule has 3 rings (SSSR count). The summed E-state index contributed by atoms with van der Waals surface area (Å²) in [6.07, 6.45) is 4.60. The summed E-state index contributed by atoms with van der Waals surface area (Å²) in [4.78, 5) is 20.2. The van der Waals surface area contributed by atoms with E-state index in [4.69, 9.17) is 4.42 Å². The van der Waals surface area contributed by atoms with Crippen LogP contribution >= 0.6 is 0 Å². The molecule has 7 nitrogen and oxygen atoms in total. The van der Waals surface area contributed by atoms with Crippen molar-refractivity contribution in [3.63, 3.8) is 0 Å². The average Bonchev–Trinajstić information content (AvgIpc) is 2.98. The first kappa shape index (κ1) is 12.3. The zero-order chi connectivity index (χ0) is 14.1. The second kappa shape index (κ2) is 4.76. The van der Waals surface area contributed by atoms with Crippen LogP contribution in [-0.4, -0.2) is 25.5 Å². The second-order valence-corrected chi connectivity index (χ2v) is 4.62. The third-order valence-corrected chi connectivity index (χ3v) is 2.84. The van der Waals surface area contributed by atoms with E-state index in [9.17, 15) is 4.79 Å². The molecule has 0 bridgehead atoms. The zero-order valence-electron chi connectivity index (χ0n) is 11.1. The van der Waals surface area contributed by atoms with Crippen LogP contribution in [0.5, 0.6) is 0 Å². The molecule has 0 unspecified atom stereocenters. The Morgan fingerprint density at radius 3 is 3.00 bits per heavy atom. The van der Waals surface area contributed by atoms with Gasteiger partial charge in [0, 0.05) is 6.20 Å². The fourth-order valence-electron chi connectivity index (χ4n) is 2.00. The first-order valence-corrected chi connectivity index (χ1v) is 6.20. The lowest BCUT2D eigenvalue weighted by molar-refractivity contribution is 0.0996. The molecule has 0 aliphatic heterocycles. The minimum atomic E-state index is -0.339. The summed E-state index contributed by atoms with van der Waals surface area (Å²) in [5, 5.41) is 6.81. The van der Waals surface area contributed by atoms with Gasteiger partial charge >= 0.3 is 5.84 Å². The number of nitrogens with zero attached hydrogens (tertiary/aromatic N) is 4. The van der Waals surface area contributed by atoms with Gasteiger partial charge < -0.3 is 9.73 Å². The molecule has 0 atom stereocenters. The van der Waals surface area contributed by atoms with Crippen molar-refractivity contribution >= 4 is 17.4 Å². The minimum absolute atomic E-state index is 0.0765. The van der Waals surface area contributed by atoms with Crippen LogP contribution in [0.3, 0.4) is 0 Å². The predicted octanol–water partition coefficient (Wildman–Crippen LogP) is 2.09. The lowest BCUT2D eigenvalue weighted by Crippen LogP contribution is -2.14. The molecule has 0 radical (unpaired) electrons. The van der Waals surface area contributed by atoms with Gasteiger partial charge in [-0.05, 0) is 18.1 Å². The molecular weight excluding hydrogens is 258 g/mol. The maximum atomic E-state index is 12.3. The van der Waals surface area contributed by atoms with Gasteiger partial charge in [0.25, 0.3) is 5.91 Å². The Morgan fingerprint density at radius 2 is 2.30 bits per heavy atom. The molecule has 0 aliphatic carbocycles. The zero-order valence-corrected chi connectivity index (χ0v) is 11.1. The highest BCUT2D eigenvalue weighted by Crippen LogP contribution is 2.23. The van der Waals surface area contributed by atoms with Gasteiger partial charge in [0.05, 0.1) is 17.6 Å². The van der Waals surface area contributed by atoms with Crippen molar-refractivity contribution in [2.75, 3.05) is 5.32 Å². The number of hydrogen-bond donors (Lipinski definition) is 1. The lowest BCUT2D eigenvalue weighted by Gasteiger charge is -2.06. The number of oxazole rings is 1. The van der Waals surface area contributed by atoms with E-state index in [0.29, 0.717) is 17.2 Å². The van der Waals surface area contributed by atoms with E-state index >= 15 is 0 Å². The van der Waals surface area contributed by atoms with Gasteiger partial charge in [0.2, 0.25) is 5.76 Å². The highest BCUT2D eigenvalue weighted by molar-refractivity contribution is 6.03. The van der Waals surface area contributed by atoms with E-state index in [-0.39, 0.29) is 17.6 Å². The molecule has 3 aromatic heterocycles. The third kappa shape index (κ3) is 2.03. The van der Waals surface area contributed by atoms with Crippen LogP contribution in [0.15, 0.2) is 35.3 Å². The quantitative estimate of drug-likeness (QED) is 0.788. The standard InChI is InChI=1S/C13H13N5O2/c1-8(2)10-11(20-13-15-7-16-18(10)13)12(19)17-9-4-3-5-14-6-9/h3-8H,1-2H3,(H,17,19). The summed E-state index contributed by atoms with van der Waals surface area (Å²) >= 11 is 0. The van der Waals surface area contributed by atoms with Crippen LogP contribution in [0.1, 0.15) is 36.0 Å². The van der Waals surface area contributed by atoms with Crippen molar-refractivity contribution in [1.29, 1.82) is 0 Å². The predicted molar refractivity (Wildman–Crippen MR) is 71.5 cm³/mol. The van der Waals surface area contributed by atoms with Gasteiger partial charge in [-0.3, -0.25) is 9.78 Å². The number of carbonyl (C=O) groups is 1. The first-order chi connectivity index (χ1) is 9.66. The lowest BCUT2D eigenvalue weighted by atomic mass is 10.1. The van der Waals surface area contributed by atoms with Crippen LogP contribution in [0, 0.1) is 0 Å². The third-order valence-electron chi connectivity index (χ3n) is 2.84. The maximum Gasteiger partial charge on any atom is 0.325 e. The van der Waals surface area contributed by atoms with Gasteiger partial charge in [0.1, 0.15) is 6.33 Å². The number of hydrogen-bond acceptors (Lipinski definition) is 5. The van der Waals surface area contributed by atoms with Crippen LogP contribution < -0.4 is 5.32 Å². The van der Waals surface area contributed by atoms with Gasteiger partial charge in [-0.15, -0.1) is 0 Å². The maximum absolute atomic E-state index is 12.3. The van der Waals surface area contributed by atoms with Crippen molar-refractivity contribution in [3.8, 4) is 0 Å². The molecule has 7 heteroatoms. The van der Waals surface area contributed by atoms with Crippen LogP contribution in [0.25, 0.3) is 5.84 Å². The molecule has 0 aliphatic rings. The molecule has 3 aromatic rings. The number of fused-ring (bicyclic) bond motifs is 1. The van der Waals surface area contributed by atoms with Crippen molar-refractivity contribution in [2.24, 2.45) is 0 Å². The highest BCUT2D eigenvalue weighted by Gasteiger charge is 2.24. The normalized spacial score (nSPS) is 11.2. The number of carbonyl (C=O) groups excluding carboxylic acids is 1. The molecular formula is C13H13N5O2. The topological polar surface area (TPSA) is 85.3 Å². The summed E-state index contributed by atoms with van der Waals surface area (Å²) in [5.41, 5.74) is 1.30. The fraction of sp³-hybridized carbons (Fsp3) is 0.231. The Hall–Kier alpha value is -2.70. The van der Waals surface area contributed by atoms with Gasteiger partial charge in [-0.25, -0.2) is 0 Å². The molecule has 0 saturated carbocycles. The Balaban J connectivity index is 1.99. The summed E-state index contributed by atoms with van der Waals surface area (Å²) in [6, 6.07) is 3.50. The van der Waals surface area contributed by atoms with Crippen molar-refractivity contribution in [1.82, 2.24) is 19.6 Å². The molecule has 102 valence electrons. The molecule has 0 aromatic carbocycles. The van der Waals surface area contributed by atoms with Crippen LogP contribution in [0.2, 0.25) is 0 Å². The number of pyridine rings is 1. The Labute approximate surface area is 114 Å². The molecule has 1 amide bonds. The van der Waals surface area contributed by atoms with Crippen molar-refractivity contribution < 1.29 is 9.21 Å². The summed E-state index contributed by atoms with van der Waals surface area (Å²) in [5.74, 6) is 0.270. The highest BCUT2D eigenvalue weighted by atomic mass is 16.4. The number of amides is 1. The SMILES string of the molecule is CC(C)c1c(C(=O)Nc2cccnc2)oc2ncnn12. The molecule has 1 N–H and O–H groups in total. The largest absolute Gasteiger partial charge is 0.416 e. The number of nitrogens with one attached hydrogen (secondary N) is 1. The van der Waals surface area contributed by atoms with E-state index < -0.39 is 0 Å². The average molecular weight is 271 g/mol. The summed E-state index contributed by atoms with van der Waals surface area (Å²) in [7, 11) is 0. The molecule has 0 saturated heterocycles. The molecule has 20 heavy (non-hydrogen) atoms. The smallest absolute Gasteiger partial charge is 0.325 e. The molecule has 0 fully saturated rings. The van der Waals surface area contributed by atoms with Crippen molar-refractivity contribution in [3.05, 3.63) is 42.3 Å². The Morgan fingerprint density at radius 1 is 1.45 bits per heavy atom. The first-order valence-electron chi connectivity index (χ1n) is 6.20. The van der Waals surface area contributed by atoms with Gasteiger partial charge in [-0.1, -0.05) is 13.8 Å². The second-order valence-electron chi connectivity index (χ2n) is 4.62. The van der Waals surface area contributed by atoms with Crippen LogP contribution in [0.4, 0.5) is 5.69 Å². The van der Waals surface area contributed by atoms with E-state index in [1.54, 1.807) is 29.0 Å². The number of rotatable bonds is 3. The van der Waals surface area contributed by atoms with Crippen LogP contribution in [-0.2, 0) is 0 Å². The van der Waals surface area contributed by atoms with Gasteiger partial charge in [-0.2, -0.15) is 14.6 Å². The molecule has 0 spiro atoms. The fourth-order valence-corrected chi connectivity index (χ4v) is 2.00. The Kier molecular flexibility index (Phi) is 2.94. The summed E-state index contributed by atoms with van der Waals surface area (Å²) < 4.78 is 7.04. The van der Waals surface area contributed by atoms with Gasteiger partial charge in [0.15, 0.2) is 0 Å². The van der Waals surface area contributed by atoms with E-state index in [1.165, 1.54) is 6.33 Å². The Bertz CT molecular complexity index is 745. The minimum Gasteiger partial charge on any atom is -0.416 e. The van der Waals surface area contributed by atoms with E-state index in [2.05, 4.69) is 20.4 Å². The van der Waals surface area contributed by atoms with E-state index in [0.717, 1.165) is 0 Å². The molecule has 3 heterocycles.